The van der Waals surface area contributed by atoms with Crippen molar-refractivity contribution < 1.29 is 14.3 Å². The van der Waals surface area contributed by atoms with Crippen molar-refractivity contribution in [2.24, 2.45) is 0 Å². The molecule has 0 saturated carbocycles. The smallest absolute Gasteiger partial charge is 0.255 e. The standard InChI is InChI=1S/C17H17BrN2O3/c1-11(21)20(2)14-6-4-5-13(10-14)19-17(22)12-7-8-16(23-3)15(18)9-12/h4-10H,1-3H3,(H,19,22). The van der Waals surface area contributed by atoms with Gasteiger partial charge in [-0.3, -0.25) is 9.59 Å². The predicted octanol–water partition coefficient (Wildman–Crippen LogP) is 3.69. The molecule has 0 heterocycles. The van der Waals surface area contributed by atoms with Gasteiger partial charge in [0, 0.05) is 30.9 Å². The summed E-state index contributed by atoms with van der Waals surface area (Å²) >= 11 is 3.36. The van der Waals surface area contributed by atoms with Crippen molar-refractivity contribution in [3.63, 3.8) is 0 Å². The highest BCUT2D eigenvalue weighted by Gasteiger charge is 2.11. The Labute approximate surface area is 143 Å². The molecule has 0 aromatic heterocycles. The molecule has 0 fully saturated rings. The van der Waals surface area contributed by atoms with Crippen LogP contribution in [0.1, 0.15) is 17.3 Å². The molecule has 2 amide bonds. The molecule has 0 unspecified atom stereocenters. The van der Waals surface area contributed by atoms with E-state index in [1.165, 1.54) is 11.8 Å². The maximum Gasteiger partial charge on any atom is 0.255 e. The number of amides is 2. The van der Waals surface area contributed by atoms with Crippen LogP contribution in [0.4, 0.5) is 11.4 Å². The van der Waals surface area contributed by atoms with Gasteiger partial charge in [-0.25, -0.2) is 0 Å². The Hall–Kier alpha value is -2.34. The van der Waals surface area contributed by atoms with Gasteiger partial charge < -0.3 is 15.0 Å². The highest BCUT2D eigenvalue weighted by molar-refractivity contribution is 9.10. The predicted molar refractivity (Wildman–Crippen MR) is 94.2 cm³/mol. The maximum absolute atomic E-state index is 12.3. The molecule has 120 valence electrons. The van der Waals surface area contributed by atoms with Crippen molar-refractivity contribution in [1.29, 1.82) is 0 Å². The van der Waals surface area contributed by atoms with Crippen LogP contribution in [-0.2, 0) is 4.79 Å². The number of ether oxygens (including phenoxy) is 1. The third kappa shape index (κ3) is 4.10. The summed E-state index contributed by atoms with van der Waals surface area (Å²) in [5.74, 6) is 0.343. The first-order chi connectivity index (χ1) is 10.9. The van der Waals surface area contributed by atoms with Crippen LogP contribution in [0.15, 0.2) is 46.9 Å². The molecule has 0 atom stereocenters. The Morgan fingerprint density at radius 2 is 1.91 bits per heavy atom. The van der Waals surface area contributed by atoms with Crippen LogP contribution in [-0.4, -0.2) is 26.0 Å². The first-order valence-corrected chi connectivity index (χ1v) is 7.71. The van der Waals surface area contributed by atoms with Crippen molar-refractivity contribution in [1.82, 2.24) is 0 Å². The minimum atomic E-state index is -0.240. The Balaban J connectivity index is 2.19. The molecule has 0 aliphatic carbocycles. The van der Waals surface area contributed by atoms with Crippen LogP contribution < -0.4 is 15.0 Å². The fourth-order valence-corrected chi connectivity index (χ4v) is 2.53. The summed E-state index contributed by atoms with van der Waals surface area (Å²) in [5.41, 5.74) is 1.83. The number of carbonyl (C=O) groups is 2. The van der Waals surface area contributed by atoms with E-state index in [1.807, 2.05) is 0 Å². The van der Waals surface area contributed by atoms with E-state index in [4.69, 9.17) is 4.74 Å². The highest BCUT2D eigenvalue weighted by Crippen LogP contribution is 2.26. The number of methoxy groups -OCH3 is 1. The quantitative estimate of drug-likeness (QED) is 0.884. The molecule has 0 aliphatic rings. The van der Waals surface area contributed by atoms with Crippen LogP contribution in [0.3, 0.4) is 0 Å². The summed E-state index contributed by atoms with van der Waals surface area (Å²) in [4.78, 5) is 25.3. The first-order valence-electron chi connectivity index (χ1n) is 6.91. The molecular weight excluding hydrogens is 360 g/mol. The summed E-state index contributed by atoms with van der Waals surface area (Å²) in [6.45, 7) is 1.49. The van der Waals surface area contributed by atoms with E-state index >= 15 is 0 Å². The van der Waals surface area contributed by atoms with E-state index in [-0.39, 0.29) is 11.8 Å². The number of hydrogen-bond acceptors (Lipinski definition) is 3. The molecule has 2 aromatic rings. The third-order valence-corrected chi connectivity index (χ3v) is 4.00. The minimum absolute atomic E-state index is 0.0763. The van der Waals surface area contributed by atoms with Gasteiger partial charge in [0.15, 0.2) is 0 Å². The molecule has 6 heteroatoms. The molecule has 0 saturated heterocycles. The number of anilines is 2. The molecular formula is C17H17BrN2O3. The topological polar surface area (TPSA) is 58.6 Å². The first kappa shape index (κ1) is 17.0. The third-order valence-electron chi connectivity index (χ3n) is 3.38. The second-order valence-corrected chi connectivity index (χ2v) is 5.79. The summed E-state index contributed by atoms with van der Waals surface area (Å²) < 4.78 is 5.85. The monoisotopic (exact) mass is 376 g/mol. The largest absolute Gasteiger partial charge is 0.496 e. The zero-order valence-electron chi connectivity index (χ0n) is 13.1. The number of hydrogen-bond donors (Lipinski definition) is 1. The molecule has 23 heavy (non-hydrogen) atoms. The van der Waals surface area contributed by atoms with Gasteiger partial charge in [0.2, 0.25) is 5.91 Å². The van der Waals surface area contributed by atoms with Gasteiger partial charge in [0.1, 0.15) is 5.75 Å². The van der Waals surface area contributed by atoms with Crippen LogP contribution >= 0.6 is 15.9 Å². The zero-order chi connectivity index (χ0) is 17.0. The molecule has 1 N–H and O–H groups in total. The Kier molecular flexibility index (Phi) is 5.39. The minimum Gasteiger partial charge on any atom is -0.496 e. The van der Waals surface area contributed by atoms with Gasteiger partial charge in [-0.2, -0.15) is 0 Å². The fourth-order valence-electron chi connectivity index (χ4n) is 1.98. The molecule has 0 bridgehead atoms. The van der Waals surface area contributed by atoms with E-state index < -0.39 is 0 Å². The Morgan fingerprint density at radius 1 is 1.17 bits per heavy atom. The van der Waals surface area contributed by atoms with Crippen molar-refractivity contribution >= 4 is 39.1 Å². The second-order valence-electron chi connectivity index (χ2n) is 4.93. The molecule has 2 aromatic carbocycles. The van der Waals surface area contributed by atoms with Gasteiger partial charge in [0.25, 0.3) is 5.91 Å². The Morgan fingerprint density at radius 3 is 2.52 bits per heavy atom. The number of halogens is 1. The van der Waals surface area contributed by atoms with E-state index in [1.54, 1.807) is 56.6 Å². The molecule has 0 radical (unpaired) electrons. The van der Waals surface area contributed by atoms with Crippen LogP contribution in [0, 0.1) is 0 Å². The van der Waals surface area contributed by atoms with Gasteiger partial charge in [0.05, 0.1) is 11.6 Å². The van der Waals surface area contributed by atoms with Gasteiger partial charge in [-0.1, -0.05) is 6.07 Å². The zero-order valence-corrected chi connectivity index (χ0v) is 14.7. The van der Waals surface area contributed by atoms with E-state index in [0.29, 0.717) is 27.2 Å². The van der Waals surface area contributed by atoms with Gasteiger partial charge in [-0.15, -0.1) is 0 Å². The van der Waals surface area contributed by atoms with Crippen LogP contribution in [0.25, 0.3) is 0 Å². The van der Waals surface area contributed by atoms with Gasteiger partial charge in [-0.05, 0) is 52.3 Å². The second kappa shape index (κ2) is 7.28. The van der Waals surface area contributed by atoms with Crippen molar-refractivity contribution in [3.05, 3.63) is 52.5 Å². The number of nitrogens with zero attached hydrogens (tertiary/aromatic N) is 1. The number of carbonyl (C=O) groups excluding carboxylic acids is 2. The number of rotatable bonds is 4. The van der Waals surface area contributed by atoms with E-state index in [9.17, 15) is 9.59 Å². The van der Waals surface area contributed by atoms with Crippen molar-refractivity contribution in [2.75, 3.05) is 24.4 Å². The molecule has 0 spiro atoms. The van der Waals surface area contributed by atoms with Crippen molar-refractivity contribution in [3.8, 4) is 5.75 Å². The lowest BCUT2D eigenvalue weighted by Crippen LogP contribution is -2.23. The average molecular weight is 377 g/mol. The van der Waals surface area contributed by atoms with Gasteiger partial charge >= 0.3 is 0 Å². The lowest BCUT2D eigenvalue weighted by Gasteiger charge is -2.16. The number of nitrogens with one attached hydrogen (secondary N) is 1. The summed E-state index contributed by atoms with van der Waals surface area (Å²) in [6, 6.07) is 12.2. The normalized spacial score (nSPS) is 10.1. The summed E-state index contributed by atoms with van der Waals surface area (Å²) in [5, 5.41) is 2.82. The SMILES string of the molecule is COc1ccc(C(=O)Nc2cccc(N(C)C(C)=O)c2)cc1Br. The molecule has 5 nitrogen and oxygen atoms in total. The van der Waals surface area contributed by atoms with Crippen LogP contribution in [0.5, 0.6) is 5.75 Å². The molecule has 2 rings (SSSR count). The maximum atomic E-state index is 12.3. The van der Waals surface area contributed by atoms with Crippen molar-refractivity contribution in [2.45, 2.75) is 6.92 Å². The van der Waals surface area contributed by atoms with E-state index in [0.717, 1.165) is 0 Å². The summed E-state index contributed by atoms with van der Waals surface area (Å²) in [6.07, 6.45) is 0. The summed E-state index contributed by atoms with van der Waals surface area (Å²) in [7, 11) is 3.25. The fraction of sp³-hybridized carbons (Fsp3) is 0.176. The lowest BCUT2D eigenvalue weighted by molar-refractivity contribution is -0.116. The lowest BCUT2D eigenvalue weighted by atomic mass is 10.2. The van der Waals surface area contributed by atoms with E-state index in [2.05, 4.69) is 21.2 Å². The Bertz CT molecular complexity index is 746. The molecule has 0 aliphatic heterocycles. The van der Waals surface area contributed by atoms with Crippen LogP contribution in [0.2, 0.25) is 0 Å². The number of benzene rings is 2. The average Bonchev–Trinajstić information content (AvgIpc) is 2.54. The highest BCUT2D eigenvalue weighted by atomic mass is 79.9.